The Balaban J connectivity index is 2.02. The molecular formula is C21H25NO4. The number of hydrogen-bond acceptors (Lipinski definition) is 4. The van der Waals surface area contributed by atoms with Crippen LogP contribution in [0.15, 0.2) is 42.5 Å². The summed E-state index contributed by atoms with van der Waals surface area (Å²) < 4.78 is 10.5. The van der Waals surface area contributed by atoms with Gasteiger partial charge in [0.15, 0.2) is 6.61 Å². The van der Waals surface area contributed by atoms with Crippen molar-refractivity contribution in [2.75, 3.05) is 18.5 Å². The molecule has 0 aromatic heterocycles. The van der Waals surface area contributed by atoms with Crippen LogP contribution in [-0.4, -0.2) is 25.1 Å². The molecule has 0 unspecified atom stereocenters. The van der Waals surface area contributed by atoms with Crippen LogP contribution in [0.1, 0.15) is 42.3 Å². The smallest absolute Gasteiger partial charge is 0.338 e. The third-order valence-corrected chi connectivity index (χ3v) is 3.98. The van der Waals surface area contributed by atoms with Gasteiger partial charge in [-0.15, -0.1) is 0 Å². The zero-order valence-corrected chi connectivity index (χ0v) is 15.5. The van der Waals surface area contributed by atoms with Crippen molar-refractivity contribution in [1.82, 2.24) is 0 Å². The Labute approximate surface area is 154 Å². The van der Waals surface area contributed by atoms with E-state index in [2.05, 4.69) is 19.2 Å². The van der Waals surface area contributed by atoms with Gasteiger partial charge in [0, 0.05) is 5.69 Å². The molecule has 0 saturated carbocycles. The van der Waals surface area contributed by atoms with Crippen molar-refractivity contribution >= 4 is 17.6 Å². The minimum Gasteiger partial charge on any atom is -0.484 e. The van der Waals surface area contributed by atoms with Crippen LogP contribution in [0.25, 0.3) is 0 Å². The summed E-state index contributed by atoms with van der Waals surface area (Å²) in [7, 11) is 0. The Bertz CT molecular complexity index is 748. The Morgan fingerprint density at radius 3 is 2.23 bits per heavy atom. The molecule has 0 radical (unpaired) electrons. The van der Waals surface area contributed by atoms with Crippen LogP contribution in [-0.2, 0) is 22.4 Å². The van der Waals surface area contributed by atoms with E-state index < -0.39 is 5.97 Å². The lowest BCUT2D eigenvalue weighted by molar-refractivity contribution is -0.118. The third kappa shape index (κ3) is 5.09. The first-order valence-corrected chi connectivity index (χ1v) is 8.89. The summed E-state index contributed by atoms with van der Waals surface area (Å²) in [4.78, 5) is 24.1. The largest absolute Gasteiger partial charge is 0.484 e. The Morgan fingerprint density at radius 1 is 0.962 bits per heavy atom. The van der Waals surface area contributed by atoms with E-state index >= 15 is 0 Å². The van der Waals surface area contributed by atoms with E-state index in [1.807, 2.05) is 18.2 Å². The molecule has 1 amide bonds. The number of aryl methyl sites for hydroxylation is 2. The molecule has 26 heavy (non-hydrogen) atoms. The van der Waals surface area contributed by atoms with Crippen LogP contribution in [0.4, 0.5) is 5.69 Å². The van der Waals surface area contributed by atoms with E-state index in [0.717, 1.165) is 29.7 Å². The topological polar surface area (TPSA) is 64.6 Å². The highest BCUT2D eigenvalue weighted by molar-refractivity contribution is 5.93. The monoisotopic (exact) mass is 355 g/mol. The van der Waals surface area contributed by atoms with Crippen LogP contribution < -0.4 is 10.1 Å². The van der Waals surface area contributed by atoms with Crippen LogP contribution in [0.3, 0.4) is 0 Å². The molecule has 0 aliphatic rings. The number of carbonyl (C=O) groups is 2. The fourth-order valence-electron chi connectivity index (χ4n) is 2.65. The van der Waals surface area contributed by atoms with Gasteiger partial charge in [0.25, 0.3) is 5.91 Å². The summed E-state index contributed by atoms with van der Waals surface area (Å²) in [6.07, 6.45) is 1.68. The predicted molar refractivity (Wildman–Crippen MR) is 102 cm³/mol. The van der Waals surface area contributed by atoms with Crippen molar-refractivity contribution in [3.05, 3.63) is 59.2 Å². The number of ether oxygens (including phenoxy) is 2. The lowest BCUT2D eigenvalue weighted by Crippen LogP contribution is -2.22. The Morgan fingerprint density at radius 2 is 1.62 bits per heavy atom. The summed E-state index contributed by atoms with van der Waals surface area (Å²) in [5.41, 5.74) is 3.46. The van der Waals surface area contributed by atoms with E-state index in [9.17, 15) is 9.59 Å². The van der Waals surface area contributed by atoms with Crippen molar-refractivity contribution in [3.8, 4) is 5.75 Å². The van der Waals surface area contributed by atoms with Gasteiger partial charge in [0.1, 0.15) is 5.75 Å². The molecule has 0 atom stereocenters. The van der Waals surface area contributed by atoms with E-state index in [0.29, 0.717) is 17.9 Å². The van der Waals surface area contributed by atoms with E-state index in [1.165, 1.54) is 0 Å². The predicted octanol–water partition coefficient (Wildman–Crippen LogP) is 4.01. The molecule has 2 rings (SSSR count). The fraction of sp³-hybridized carbons (Fsp3) is 0.333. The quantitative estimate of drug-likeness (QED) is 0.727. The van der Waals surface area contributed by atoms with Gasteiger partial charge in [-0.2, -0.15) is 0 Å². The standard InChI is InChI=1S/C21H25NO4/c1-4-15-9-7-10-16(5-2)20(15)22-19(23)14-26-18-12-8-11-17(13-18)21(24)25-6-3/h7-13H,4-6,14H2,1-3H3,(H,22,23). The van der Waals surface area contributed by atoms with Gasteiger partial charge in [-0.3, -0.25) is 4.79 Å². The first kappa shape index (κ1) is 19.5. The van der Waals surface area contributed by atoms with E-state index in [4.69, 9.17) is 9.47 Å². The molecule has 0 bridgehead atoms. The number of benzene rings is 2. The van der Waals surface area contributed by atoms with Gasteiger partial charge in [-0.05, 0) is 49.1 Å². The van der Waals surface area contributed by atoms with Crippen molar-refractivity contribution in [3.63, 3.8) is 0 Å². The van der Waals surface area contributed by atoms with Crippen molar-refractivity contribution in [2.24, 2.45) is 0 Å². The lowest BCUT2D eigenvalue weighted by Gasteiger charge is -2.15. The maximum Gasteiger partial charge on any atom is 0.338 e. The molecular weight excluding hydrogens is 330 g/mol. The molecule has 0 spiro atoms. The first-order valence-electron chi connectivity index (χ1n) is 8.89. The molecule has 138 valence electrons. The molecule has 1 N–H and O–H groups in total. The number of nitrogens with one attached hydrogen (secondary N) is 1. The summed E-state index contributed by atoms with van der Waals surface area (Å²) in [6, 6.07) is 12.6. The maximum absolute atomic E-state index is 12.3. The number of esters is 1. The second kappa shape index (κ2) is 9.61. The highest BCUT2D eigenvalue weighted by atomic mass is 16.5. The number of carbonyl (C=O) groups excluding carboxylic acids is 2. The highest BCUT2D eigenvalue weighted by Crippen LogP contribution is 2.22. The number of rotatable bonds is 8. The average molecular weight is 355 g/mol. The normalized spacial score (nSPS) is 10.3. The third-order valence-electron chi connectivity index (χ3n) is 3.98. The average Bonchev–Trinajstić information content (AvgIpc) is 2.67. The van der Waals surface area contributed by atoms with E-state index in [-0.39, 0.29) is 12.5 Å². The fourth-order valence-corrected chi connectivity index (χ4v) is 2.65. The first-order chi connectivity index (χ1) is 12.6. The molecule has 5 heteroatoms. The second-order valence-corrected chi connectivity index (χ2v) is 5.74. The molecule has 0 heterocycles. The van der Waals surface area contributed by atoms with Gasteiger partial charge in [-0.25, -0.2) is 4.79 Å². The van der Waals surface area contributed by atoms with Gasteiger partial charge >= 0.3 is 5.97 Å². The Hall–Kier alpha value is -2.82. The summed E-state index contributed by atoms with van der Waals surface area (Å²) in [6.45, 7) is 6.04. The van der Waals surface area contributed by atoms with Crippen LogP contribution in [0.5, 0.6) is 5.75 Å². The van der Waals surface area contributed by atoms with Gasteiger partial charge < -0.3 is 14.8 Å². The molecule has 5 nitrogen and oxygen atoms in total. The van der Waals surface area contributed by atoms with Gasteiger partial charge in [-0.1, -0.05) is 38.1 Å². The van der Waals surface area contributed by atoms with Crippen LogP contribution >= 0.6 is 0 Å². The number of hydrogen-bond donors (Lipinski definition) is 1. The number of anilines is 1. The molecule has 0 saturated heterocycles. The van der Waals surface area contributed by atoms with Crippen molar-refractivity contribution in [1.29, 1.82) is 0 Å². The molecule has 0 fully saturated rings. The number of amides is 1. The van der Waals surface area contributed by atoms with E-state index in [1.54, 1.807) is 31.2 Å². The Kier molecular flexibility index (Phi) is 7.21. The molecule has 0 aliphatic carbocycles. The second-order valence-electron chi connectivity index (χ2n) is 5.74. The van der Waals surface area contributed by atoms with Crippen LogP contribution in [0.2, 0.25) is 0 Å². The summed E-state index contributed by atoms with van der Waals surface area (Å²) in [5, 5.41) is 2.95. The maximum atomic E-state index is 12.3. The zero-order chi connectivity index (χ0) is 18.9. The molecule has 2 aromatic rings. The lowest BCUT2D eigenvalue weighted by atomic mass is 10.0. The van der Waals surface area contributed by atoms with Crippen LogP contribution in [0, 0.1) is 0 Å². The number of para-hydroxylation sites is 1. The summed E-state index contributed by atoms with van der Waals surface area (Å²) in [5.74, 6) is -0.195. The molecule has 0 aliphatic heterocycles. The summed E-state index contributed by atoms with van der Waals surface area (Å²) >= 11 is 0. The van der Waals surface area contributed by atoms with Gasteiger partial charge in [0.05, 0.1) is 12.2 Å². The minimum absolute atomic E-state index is 0.131. The van der Waals surface area contributed by atoms with Crippen molar-refractivity contribution < 1.29 is 19.1 Å². The van der Waals surface area contributed by atoms with Crippen molar-refractivity contribution in [2.45, 2.75) is 33.6 Å². The SMILES string of the molecule is CCOC(=O)c1cccc(OCC(=O)Nc2c(CC)cccc2CC)c1. The van der Waals surface area contributed by atoms with Gasteiger partial charge in [0.2, 0.25) is 0 Å². The zero-order valence-electron chi connectivity index (χ0n) is 15.5. The molecule has 2 aromatic carbocycles. The minimum atomic E-state index is -0.410. The highest BCUT2D eigenvalue weighted by Gasteiger charge is 2.12.